The lowest BCUT2D eigenvalue weighted by Crippen LogP contribution is -2.65. The van der Waals surface area contributed by atoms with Crippen LogP contribution in [0.3, 0.4) is 0 Å². The van der Waals surface area contributed by atoms with E-state index in [9.17, 15) is 45.6 Å². The highest BCUT2D eigenvalue weighted by atomic mass is 16.7. The Balaban J connectivity index is 2.13. The summed E-state index contributed by atoms with van der Waals surface area (Å²) in [5.74, 6) is -1.64. The molecule has 2 fully saturated rings. The molecule has 9 N–H and O–H groups in total. The summed E-state index contributed by atoms with van der Waals surface area (Å²) >= 11 is 0. The summed E-state index contributed by atoms with van der Waals surface area (Å²) in [6.45, 7) is -1.96. The van der Waals surface area contributed by atoms with Gasteiger partial charge in [0.25, 0.3) is 0 Å². The molecule has 0 amide bonds. The van der Waals surface area contributed by atoms with Crippen LogP contribution in [-0.2, 0) is 23.7 Å². The van der Waals surface area contributed by atoms with Crippen molar-refractivity contribution >= 4 is 5.97 Å². The van der Waals surface area contributed by atoms with Gasteiger partial charge in [-0.15, -0.1) is 0 Å². The molecule has 2 aliphatic heterocycles. The van der Waals surface area contributed by atoms with Gasteiger partial charge in [-0.05, 0) is 0 Å². The second kappa shape index (κ2) is 10.3. The number of aliphatic carboxylic acids is 1. The summed E-state index contributed by atoms with van der Waals surface area (Å²) in [6, 6.07) is 0. The number of carboxylic acid groups (broad SMARTS) is 1. The molecular formula is C15H26O14. The van der Waals surface area contributed by atoms with Gasteiger partial charge in [0.05, 0.1) is 19.8 Å². The summed E-state index contributed by atoms with van der Waals surface area (Å²) < 4.78 is 20.4. The van der Waals surface area contributed by atoms with Gasteiger partial charge in [0.15, 0.2) is 18.7 Å². The third kappa shape index (κ3) is 5.38. The molecular weight excluding hydrogens is 404 g/mol. The van der Waals surface area contributed by atoms with Gasteiger partial charge < -0.3 is 64.9 Å². The standard InChI is InChI=1S/C15H26O14/c16-1-4(18)3-26-14-10(23)8(21)11(12(29-14)13(24)25)28-15-9(22)7(20)6(19)5(2-17)27-15/h4-12,14-23H,1-3H2,(H,24,25)/t4?,5-,6-,7+,8-,9+,10-,11+,12+,14+,15-/m1/s1. The van der Waals surface area contributed by atoms with Gasteiger partial charge >= 0.3 is 5.97 Å². The molecule has 11 atom stereocenters. The number of aliphatic hydroxyl groups excluding tert-OH is 8. The number of rotatable bonds is 8. The Morgan fingerprint density at radius 1 is 0.897 bits per heavy atom. The second-order valence-corrected chi connectivity index (χ2v) is 6.71. The highest BCUT2D eigenvalue weighted by Crippen LogP contribution is 2.29. The summed E-state index contributed by atoms with van der Waals surface area (Å²) in [5, 5.41) is 86.6. The average Bonchev–Trinajstić information content (AvgIpc) is 2.70. The molecule has 2 aliphatic rings. The highest BCUT2D eigenvalue weighted by Gasteiger charge is 2.52. The molecule has 14 nitrogen and oxygen atoms in total. The predicted octanol–water partition coefficient (Wildman–Crippen LogP) is -5.93. The Bertz CT molecular complexity index is 531. The van der Waals surface area contributed by atoms with Crippen LogP contribution in [0.1, 0.15) is 0 Å². The van der Waals surface area contributed by atoms with Crippen molar-refractivity contribution in [2.75, 3.05) is 19.8 Å². The van der Waals surface area contributed by atoms with Crippen LogP contribution in [0.5, 0.6) is 0 Å². The fourth-order valence-electron chi connectivity index (χ4n) is 2.92. The van der Waals surface area contributed by atoms with E-state index in [0.717, 1.165) is 0 Å². The van der Waals surface area contributed by atoms with Crippen LogP contribution >= 0.6 is 0 Å². The average molecular weight is 430 g/mol. The van der Waals surface area contributed by atoms with Crippen molar-refractivity contribution in [3.8, 4) is 0 Å². The third-order valence-corrected chi connectivity index (χ3v) is 4.59. The van der Waals surface area contributed by atoms with Gasteiger partial charge in [0.1, 0.15) is 48.8 Å². The zero-order valence-electron chi connectivity index (χ0n) is 15.0. The lowest BCUT2D eigenvalue weighted by atomic mass is 9.97. The number of carbonyl (C=O) groups is 1. The molecule has 2 rings (SSSR count). The third-order valence-electron chi connectivity index (χ3n) is 4.59. The van der Waals surface area contributed by atoms with Crippen molar-refractivity contribution in [3.05, 3.63) is 0 Å². The molecule has 0 radical (unpaired) electrons. The van der Waals surface area contributed by atoms with E-state index in [4.69, 9.17) is 24.1 Å². The molecule has 0 saturated carbocycles. The molecule has 1 unspecified atom stereocenters. The topological polar surface area (TPSA) is 236 Å². The number of carboxylic acids is 1. The van der Waals surface area contributed by atoms with Crippen molar-refractivity contribution in [3.63, 3.8) is 0 Å². The number of hydrogen-bond donors (Lipinski definition) is 9. The van der Waals surface area contributed by atoms with E-state index in [0.29, 0.717) is 0 Å². The van der Waals surface area contributed by atoms with Crippen LogP contribution in [0.25, 0.3) is 0 Å². The monoisotopic (exact) mass is 430 g/mol. The van der Waals surface area contributed by atoms with Gasteiger partial charge in [-0.2, -0.15) is 0 Å². The Morgan fingerprint density at radius 3 is 2.07 bits per heavy atom. The molecule has 0 bridgehead atoms. The molecule has 14 heteroatoms. The van der Waals surface area contributed by atoms with Crippen LogP contribution in [-0.4, -0.2) is 139 Å². The Hall–Kier alpha value is -1.01. The molecule has 2 heterocycles. The molecule has 0 aliphatic carbocycles. The molecule has 0 spiro atoms. The van der Waals surface area contributed by atoms with Crippen LogP contribution in [0.2, 0.25) is 0 Å². The van der Waals surface area contributed by atoms with Crippen LogP contribution in [0, 0.1) is 0 Å². The van der Waals surface area contributed by atoms with Crippen LogP contribution in [0.15, 0.2) is 0 Å². The maximum Gasteiger partial charge on any atom is 0.335 e. The summed E-state index contributed by atoms with van der Waals surface area (Å²) in [4.78, 5) is 11.5. The summed E-state index contributed by atoms with van der Waals surface area (Å²) in [7, 11) is 0. The van der Waals surface area contributed by atoms with Gasteiger partial charge in [-0.1, -0.05) is 0 Å². The maximum atomic E-state index is 11.5. The second-order valence-electron chi connectivity index (χ2n) is 6.71. The predicted molar refractivity (Wildman–Crippen MR) is 86.0 cm³/mol. The number of hydrogen-bond acceptors (Lipinski definition) is 13. The van der Waals surface area contributed by atoms with Gasteiger partial charge in [-0.25, -0.2) is 4.79 Å². The molecule has 2 saturated heterocycles. The quantitative estimate of drug-likeness (QED) is 0.174. The van der Waals surface area contributed by atoms with E-state index in [1.54, 1.807) is 0 Å². The number of aliphatic hydroxyl groups is 8. The number of ether oxygens (including phenoxy) is 4. The largest absolute Gasteiger partial charge is 0.479 e. The molecule has 170 valence electrons. The van der Waals surface area contributed by atoms with E-state index in [1.807, 2.05) is 0 Å². The minimum absolute atomic E-state index is 0.532. The van der Waals surface area contributed by atoms with Crippen molar-refractivity contribution in [2.24, 2.45) is 0 Å². The van der Waals surface area contributed by atoms with Crippen molar-refractivity contribution < 1.29 is 69.7 Å². The van der Waals surface area contributed by atoms with E-state index in [-0.39, 0.29) is 0 Å². The first-order valence-corrected chi connectivity index (χ1v) is 8.73. The smallest absolute Gasteiger partial charge is 0.335 e. The molecule has 29 heavy (non-hydrogen) atoms. The normalized spacial score (nSPS) is 44.4. The Morgan fingerprint density at radius 2 is 1.52 bits per heavy atom. The molecule has 0 aromatic rings. The zero-order valence-corrected chi connectivity index (χ0v) is 15.0. The fraction of sp³-hybridized carbons (Fsp3) is 0.933. The first-order chi connectivity index (χ1) is 13.6. The molecule has 0 aromatic carbocycles. The van der Waals surface area contributed by atoms with E-state index >= 15 is 0 Å². The first-order valence-electron chi connectivity index (χ1n) is 8.73. The van der Waals surface area contributed by atoms with Gasteiger partial charge in [-0.3, -0.25) is 0 Å². The van der Waals surface area contributed by atoms with E-state index < -0.39 is 93.3 Å². The van der Waals surface area contributed by atoms with Crippen molar-refractivity contribution in [1.29, 1.82) is 0 Å². The molecule has 0 aromatic heterocycles. The minimum Gasteiger partial charge on any atom is -0.479 e. The van der Waals surface area contributed by atoms with Crippen molar-refractivity contribution in [1.82, 2.24) is 0 Å². The lowest BCUT2D eigenvalue weighted by Gasteiger charge is -2.45. The first kappa shape index (κ1) is 24.3. The van der Waals surface area contributed by atoms with Crippen LogP contribution < -0.4 is 0 Å². The minimum atomic E-state index is -1.94. The Kier molecular flexibility index (Phi) is 8.65. The fourth-order valence-corrected chi connectivity index (χ4v) is 2.92. The summed E-state index contributed by atoms with van der Waals surface area (Å²) in [6.07, 6.45) is -19.1. The zero-order chi connectivity index (χ0) is 21.9. The van der Waals surface area contributed by atoms with Gasteiger partial charge in [0.2, 0.25) is 0 Å². The van der Waals surface area contributed by atoms with Crippen molar-refractivity contribution in [2.45, 2.75) is 67.5 Å². The maximum absolute atomic E-state index is 11.5. The van der Waals surface area contributed by atoms with E-state index in [1.165, 1.54) is 0 Å². The van der Waals surface area contributed by atoms with E-state index in [2.05, 4.69) is 0 Å². The SMILES string of the molecule is O=C(O)[C@H]1O[C@H](OCC(O)CO)[C@H](O)[C@@H](O)[C@@H]1O[C@H]1O[C@H](CO)[C@@H](O)[C@H](O)[C@@H]1O. The Labute approximate surface area is 164 Å². The summed E-state index contributed by atoms with van der Waals surface area (Å²) in [5.41, 5.74) is 0. The lowest BCUT2D eigenvalue weighted by molar-refractivity contribution is -0.355. The highest BCUT2D eigenvalue weighted by molar-refractivity contribution is 5.73. The van der Waals surface area contributed by atoms with Crippen LogP contribution in [0.4, 0.5) is 0 Å². The van der Waals surface area contributed by atoms with Gasteiger partial charge in [0, 0.05) is 0 Å².